The quantitative estimate of drug-likeness (QED) is 0.362. The van der Waals surface area contributed by atoms with Crippen LogP contribution in [0.3, 0.4) is 0 Å². The van der Waals surface area contributed by atoms with Gasteiger partial charge in [0.25, 0.3) is 0 Å². The van der Waals surface area contributed by atoms with Crippen molar-refractivity contribution in [2.75, 3.05) is 12.4 Å². The van der Waals surface area contributed by atoms with Crippen molar-refractivity contribution < 1.29 is 54.0 Å². The summed E-state index contributed by atoms with van der Waals surface area (Å²) in [6.07, 6.45) is -13.8. The molecule has 15 heteroatoms. The molecule has 1 aliphatic heterocycles. The molecule has 1 saturated heterocycles. The summed E-state index contributed by atoms with van der Waals surface area (Å²) in [6.45, 7) is -0.292. The molecule has 1 aliphatic carbocycles. The van der Waals surface area contributed by atoms with Gasteiger partial charge in [-0.3, -0.25) is 4.55 Å². The summed E-state index contributed by atoms with van der Waals surface area (Å²) in [4.78, 5) is 12.1. The van der Waals surface area contributed by atoms with Crippen molar-refractivity contribution in [3.8, 4) is 0 Å². The van der Waals surface area contributed by atoms with Crippen molar-refractivity contribution in [2.45, 2.75) is 58.2 Å². The molecule has 0 amide bonds. The van der Waals surface area contributed by atoms with Gasteiger partial charge in [0.15, 0.2) is 0 Å². The van der Waals surface area contributed by atoms with Crippen LogP contribution in [0.25, 0.3) is 0 Å². The van der Waals surface area contributed by atoms with E-state index in [4.69, 9.17) is 4.55 Å². The zero-order valence-corrected chi connectivity index (χ0v) is 16.4. The molecule has 164 valence electrons. The second-order valence-corrected chi connectivity index (χ2v) is 11.1. The number of aliphatic hydroxyl groups excluding tert-OH is 1. The van der Waals surface area contributed by atoms with Gasteiger partial charge in [-0.2, -0.15) is 34.8 Å². The number of hydrogen-bond acceptors (Lipinski definition) is 7. The van der Waals surface area contributed by atoms with Crippen molar-refractivity contribution in [3.05, 3.63) is 0 Å². The number of aliphatic hydroxyl groups is 1. The average Bonchev–Trinajstić information content (AvgIpc) is 2.89. The monoisotopic (exact) mass is 478 g/mol. The van der Waals surface area contributed by atoms with Crippen molar-refractivity contribution >= 4 is 39.6 Å². The molecule has 3 atom stereocenters. The molecule has 2 aliphatic rings. The largest absolute Gasteiger partial charge is 0.458 e. The van der Waals surface area contributed by atoms with Crippen molar-refractivity contribution in [2.24, 2.45) is 0 Å². The standard InChI is InChI=1S/C13H16F6O6S3/c14-12(15,16)11(13(17,18)19,28(22,23)24)9(21)25-8-3-1-2-4-10(8)26-6-7(5-20)27-10/h7-8,20H,1-6H2,(H,22,23,24). The molecule has 0 aromatic carbocycles. The van der Waals surface area contributed by atoms with Crippen molar-refractivity contribution in [3.63, 3.8) is 0 Å². The highest BCUT2D eigenvalue weighted by Crippen LogP contribution is 2.57. The fraction of sp³-hybridized carbons (Fsp3) is 0.923. The average molecular weight is 478 g/mol. The van der Waals surface area contributed by atoms with Crippen LogP contribution in [-0.2, 0) is 19.6 Å². The second kappa shape index (κ2) is 7.71. The molecule has 2 N–H and O–H groups in total. The fourth-order valence-corrected chi connectivity index (χ4v) is 7.84. The lowest BCUT2D eigenvalue weighted by atomic mass is 9.96. The van der Waals surface area contributed by atoms with Crippen LogP contribution in [0.15, 0.2) is 0 Å². The fourth-order valence-electron chi connectivity index (χ4n) is 3.21. The SMILES string of the molecule is O=C(OC1CCCCC12SCC(CO)S2)C(C(F)(F)F)(C(F)(F)F)S(=O)(=O)O. The van der Waals surface area contributed by atoms with Gasteiger partial charge < -0.3 is 9.84 Å². The first kappa shape index (κ1) is 23.9. The minimum absolute atomic E-state index is 0.0822. The van der Waals surface area contributed by atoms with Gasteiger partial charge in [0.1, 0.15) is 6.10 Å². The summed E-state index contributed by atoms with van der Waals surface area (Å²) in [7, 11) is -7.02. The molecule has 1 saturated carbocycles. The summed E-state index contributed by atoms with van der Waals surface area (Å²) in [5.41, 5.74) is 0. The first-order chi connectivity index (χ1) is 12.6. The van der Waals surface area contributed by atoms with E-state index in [-0.39, 0.29) is 24.7 Å². The number of rotatable bonds is 4. The van der Waals surface area contributed by atoms with Crippen LogP contribution in [-0.4, -0.2) is 68.9 Å². The number of thioether (sulfide) groups is 2. The Balaban J connectivity index is 2.46. The lowest BCUT2D eigenvalue weighted by Crippen LogP contribution is -2.68. The maximum absolute atomic E-state index is 13.3. The Labute approximate surface area is 164 Å². The minimum Gasteiger partial charge on any atom is -0.458 e. The second-order valence-electron chi connectivity index (χ2n) is 6.34. The van der Waals surface area contributed by atoms with Crippen molar-refractivity contribution in [1.82, 2.24) is 0 Å². The first-order valence-corrected chi connectivity index (χ1v) is 11.2. The molecule has 1 spiro atoms. The van der Waals surface area contributed by atoms with Gasteiger partial charge in [0.2, 0.25) is 0 Å². The topological polar surface area (TPSA) is 101 Å². The smallest absolute Gasteiger partial charge is 0.430 e. The summed E-state index contributed by atoms with van der Waals surface area (Å²) < 4.78 is 108. The highest BCUT2D eigenvalue weighted by atomic mass is 32.2. The van der Waals surface area contributed by atoms with Crippen LogP contribution in [0.1, 0.15) is 25.7 Å². The predicted molar refractivity (Wildman–Crippen MR) is 88.4 cm³/mol. The zero-order valence-electron chi connectivity index (χ0n) is 13.9. The molecule has 2 rings (SSSR count). The molecule has 1 heterocycles. The van der Waals surface area contributed by atoms with E-state index in [1.54, 1.807) is 0 Å². The highest BCUT2D eigenvalue weighted by Gasteiger charge is 2.85. The van der Waals surface area contributed by atoms with Gasteiger partial charge in [-0.1, -0.05) is 6.42 Å². The van der Waals surface area contributed by atoms with E-state index in [9.17, 15) is 44.7 Å². The van der Waals surface area contributed by atoms with Gasteiger partial charge in [0, 0.05) is 11.0 Å². The third-order valence-corrected chi connectivity index (χ3v) is 9.83. The molecular weight excluding hydrogens is 462 g/mol. The number of esters is 1. The molecule has 0 bridgehead atoms. The molecule has 0 radical (unpaired) electrons. The molecule has 0 aromatic heterocycles. The Bertz CT molecular complexity index is 695. The van der Waals surface area contributed by atoms with E-state index in [1.165, 1.54) is 0 Å². The first-order valence-electron chi connectivity index (χ1n) is 7.86. The molecular formula is C13H16F6O6S3. The Morgan fingerprint density at radius 1 is 1.14 bits per heavy atom. The van der Waals surface area contributed by atoms with E-state index in [0.29, 0.717) is 18.6 Å². The Kier molecular flexibility index (Phi) is 6.58. The summed E-state index contributed by atoms with van der Waals surface area (Å²) in [5.74, 6) is -2.80. The predicted octanol–water partition coefficient (Wildman–Crippen LogP) is 2.76. The Morgan fingerprint density at radius 2 is 1.71 bits per heavy atom. The van der Waals surface area contributed by atoms with Gasteiger partial charge in [-0.05, 0) is 19.3 Å². The number of halogens is 6. The van der Waals surface area contributed by atoms with Gasteiger partial charge in [0.05, 0.1) is 10.7 Å². The van der Waals surface area contributed by atoms with Crippen LogP contribution < -0.4 is 0 Å². The van der Waals surface area contributed by atoms with Crippen molar-refractivity contribution in [1.29, 1.82) is 0 Å². The van der Waals surface area contributed by atoms with Crippen LogP contribution in [0.4, 0.5) is 26.3 Å². The maximum Gasteiger partial charge on any atom is 0.430 e. The maximum atomic E-state index is 13.3. The number of alkyl halides is 6. The Morgan fingerprint density at radius 3 is 2.14 bits per heavy atom. The number of hydrogen-bond donors (Lipinski definition) is 2. The van der Waals surface area contributed by atoms with Gasteiger partial charge in [-0.15, -0.1) is 23.5 Å². The van der Waals surface area contributed by atoms with Crippen LogP contribution >= 0.6 is 23.5 Å². The number of ether oxygens (including phenoxy) is 1. The molecule has 0 aromatic rings. The van der Waals surface area contributed by atoms with E-state index < -0.39 is 43.4 Å². The third-order valence-electron chi connectivity index (χ3n) is 4.54. The van der Waals surface area contributed by atoms with E-state index in [0.717, 1.165) is 23.5 Å². The molecule has 6 nitrogen and oxygen atoms in total. The van der Waals surface area contributed by atoms with Gasteiger partial charge >= 0.3 is 33.2 Å². The zero-order chi connectivity index (χ0) is 21.6. The minimum atomic E-state index is -7.02. The molecule has 3 unspecified atom stereocenters. The number of carbonyl (C=O) groups excluding carboxylic acids is 1. The third kappa shape index (κ3) is 3.84. The van der Waals surface area contributed by atoms with E-state index >= 15 is 0 Å². The summed E-state index contributed by atoms with van der Waals surface area (Å²) in [5, 5.41) is 8.89. The van der Waals surface area contributed by atoms with E-state index in [1.807, 2.05) is 0 Å². The Hall–Kier alpha value is -0.380. The summed E-state index contributed by atoms with van der Waals surface area (Å²) in [6, 6.07) is 0. The van der Waals surface area contributed by atoms with Gasteiger partial charge in [-0.25, -0.2) is 4.79 Å². The van der Waals surface area contributed by atoms with Crippen LogP contribution in [0, 0.1) is 0 Å². The lowest BCUT2D eigenvalue weighted by molar-refractivity contribution is -0.270. The summed E-state index contributed by atoms with van der Waals surface area (Å²) >= 11 is 2.21. The lowest BCUT2D eigenvalue weighted by Gasteiger charge is -2.41. The number of carbonyl (C=O) groups is 1. The highest BCUT2D eigenvalue weighted by molar-refractivity contribution is 8.21. The van der Waals surface area contributed by atoms with Crippen LogP contribution in [0.5, 0.6) is 0 Å². The molecule has 28 heavy (non-hydrogen) atoms. The molecule has 2 fully saturated rings. The normalized spacial score (nSPS) is 29.9. The van der Waals surface area contributed by atoms with Crippen LogP contribution in [0.2, 0.25) is 0 Å². The van der Waals surface area contributed by atoms with E-state index in [2.05, 4.69) is 4.74 Å².